The molecule has 0 spiro atoms. The van der Waals surface area contributed by atoms with Crippen LogP contribution >= 0.6 is 11.6 Å². The van der Waals surface area contributed by atoms with Crippen molar-refractivity contribution in [3.63, 3.8) is 0 Å². The Hall–Kier alpha value is -2.26. The van der Waals surface area contributed by atoms with Gasteiger partial charge in [-0.15, -0.1) is 0 Å². The third kappa shape index (κ3) is 1.50. The highest BCUT2D eigenvalue weighted by Gasteiger charge is 2.15. The Morgan fingerprint density at radius 3 is 2.45 bits per heavy atom. The summed E-state index contributed by atoms with van der Waals surface area (Å²) < 4.78 is 11.5. The first-order valence-corrected chi connectivity index (χ1v) is 6.56. The quantitative estimate of drug-likeness (QED) is 0.472. The van der Waals surface area contributed by atoms with Crippen molar-refractivity contribution >= 4 is 44.7 Å². The van der Waals surface area contributed by atoms with Gasteiger partial charge in [0.2, 0.25) is 11.0 Å². The first-order chi connectivity index (χ1) is 9.63. The van der Waals surface area contributed by atoms with Crippen LogP contribution in [0.3, 0.4) is 0 Å². The number of hydrogen-bond donors (Lipinski definition) is 0. The molecule has 0 aliphatic carbocycles. The summed E-state index contributed by atoms with van der Waals surface area (Å²) >= 11 is 5.93. The van der Waals surface area contributed by atoms with E-state index < -0.39 is 0 Å². The maximum atomic E-state index is 12.5. The summed E-state index contributed by atoms with van der Waals surface area (Å²) in [4.78, 5) is 12.5. The molecule has 4 aromatic rings. The van der Waals surface area contributed by atoms with Crippen molar-refractivity contribution in [2.24, 2.45) is 0 Å². The second kappa shape index (κ2) is 3.87. The van der Waals surface area contributed by atoms with E-state index in [9.17, 15) is 4.79 Å². The van der Waals surface area contributed by atoms with Crippen molar-refractivity contribution in [2.75, 3.05) is 0 Å². The molecule has 0 fully saturated rings. The van der Waals surface area contributed by atoms with Gasteiger partial charge in [0.25, 0.3) is 0 Å². The summed E-state index contributed by atoms with van der Waals surface area (Å²) in [7, 11) is 0. The maximum Gasteiger partial charge on any atom is 0.235 e. The number of furan rings is 1. The minimum atomic E-state index is -0.197. The Kier molecular flexibility index (Phi) is 2.24. The molecule has 0 amide bonds. The highest BCUT2D eigenvalue weighted by atomic mass is 35.5. The number of rotatable bonds is 0. The number of fused-ring (bicyclic) bond motifs is 4. The van der Waals surface area contributed by atoms with Crippen LogP contribution in [-0.2, 0) is 0 Å². The molecule has 0 aliphatic rings. The lowest BCUT2D eigenvalue weighted by Gasteiger charge is -1.97. The molecule has 0 saturated carbocycles. The molecule has 4 heteroatoms. The highest BCUT2D eigenvalue weighted by molar-refractivity contribution is 6.31. The molecule has 4 rings (SSSR count). The summed E-state index contributed by atoms with van der Waals surface area (Å²) in [6.45, 7) is 1.98. The van der Waals surface area contributed by atoms with E-state index in [0.717, 1.165) is 10.9 Å². The molecule has 0 saturated heterocycles. The summed E-state index contributed by atoms with van der Waals surface area (Å²) in [5.74, 6) is 0. The number of hydrogen-bond acceptors (Lipinski definition) is 3. The van der Waals surface area contributed by atoms with Crippen LogP contribution in [0.1, 0.15) is 5.56 Å². The smallest absolute Gasteiger partial charge is 0.235 e. The molecule has 0 atom stereocenters. The third-order valence-electron chi connectivity index (χ3n) is 3.40. The Balaban J connectivity index is 2.30. The SMILES string of the molecule is Cc1ccc2oc3c(=O)c4cc(Cl)ccc4oc3c2c1. The average Bonchev–Trinajstić information content (AvgIpc) is 2.78. The van der Waals surface area contributed by atoms with Gasteiger partial charge in [-0.25, -0.2) is 0 Å². The zero-order valence-electron chi connectivity index (χ0n) is 10.6. The lowest BCUT2D eigenvalue weighted by Crippen LogP contribution is -2.00. The van der Waals surface area contributed by atoms with E-state index in [-0.39, 0.29) is 11.0 Å². The number of halogens is 1. The fraction of sp³-hybridized carbons (Fsp3) is 0.0625. The molecule has 98 valence electrons. The maximum absolute atomic E-state index is 12.5. The van der Waals surface area contributed by atoms with Gasteiger partial charge in [-0.2, -0.15) is 0 Å². The minimum Gasteiger partial charge on any atom is -0.452 e. The van der Waals surface area contributed by atoms with Gasteiger partial charge in [0.15, 0.2) is 5.58 Å². The molecule has 2 aromatic carbocycles. The van der Waals surface area contributed by atoms with Crippen LogP contribution in [0.5, 0.6) is 0 Å². The Labute approximate surface area is 118 Å². The van der Waals surface area contributed by atoms with E-state index in [0.29, 0.717) is 27.2 Å². The summed E-state index contributed by atoms with van der Waals surface area (Å²) in [5.41, 5.74) is 2.77. The second-order valence-electron chi connectivity index (χ2n) is 4.83. The Bertz CT molecular complexity index is 1040. The van der Waals surface area contributed by atoms with Crippen LogP contribution in [0.2, 0.25) is 5.02 Å². The fourth-order valence-corrected chi connectivity index (χ4v) is 2.61. The van der Waals surface area contributed by atoms with Gasteiger partial charge in [0.05, 0.1) is 10.8 Å². The van der Waals surface area contributed by atoms with Gasteiger partial charge in [-0.3, -0.25) is 4.79 Å². The van der Waals surface area contributed by atoms with Crippen molar-refractivity contribution in [3.8, 4) is 0 Å². The molecule has 2 heterocycles. The third-order valence-corrected chi connectivity index (χ3v) is 3.64. The van der Waals surface area contributed by atoms with E-state index in [1.807, 2.05) is 25.1 Å². The largest absolute Gasteiger partial charge is 0.452 e. The molecular formula is C16H9ClO3. The van der Waals surface area contributed by atoms with Crippen molar-refractivity contribution in [2.45, 2.75) is 6.92 Å². The molecule has 2 aromatic heterocycles. The minimum absolute atomic E-state index is 0.197. The van der Waals surface area contributed by atoms with Crippen LogP contribution in [0, 0.1) is 6.92 Å². The topological polar surface area (TPSA) is 43.4 Å². The van der Waals surface area contributed by atoms with Gasteiger partial charge in [0, 0.05) is 5.02 Å². The first kappa shape index (κ1) is 11.6. The monoisotopic (exact) mass is 284 g/mol. The highest BCUT2D eigenvalue weighted by Crippen LogP contribution is 2.30. The van der Waals surface area contributed by atoms with Crippen molar-refractivity contribution in [1.29, 1.82) is 0 Å². The standard InChI is InChI=1S/C16H9ClO3/c1-8-2-4-13-11(6-8)15-16(20-13)14(18)10-7-9(17)3-5-12(10)19-15/h2-7H,1H3. The van der Waals surface area contributed by atoms with E-state index >= 15 is 0 Å². The van der Waals surface area contributed by atoms with Crippen LogP contribution in [0.25, 0.3) is 33.1 Å². The van der Waals surface area contributed by atoms with Crippen molar-refractivity contribution in [1.82, 2.24) is 0 Å². The van der Waals surface area contributed by atoms with Gasteiger partial charge in [-0.05, 0) is 37.3 Å². The Morgan fingerprint density at radius 1 is 0.900 bits per heavy atom. The molecule has 0 unspecified atom stereocenters. The second-order valence-corrected chi connectivity index (χ2v) is 5.27. The van der Waals surface area contributed by atoms with Gasteiger partial charge in [0.1, 0.15) is 11.2 Å². The zero-order chi connectivity index (χ0) is 13.9. The van der Waals surface area contributed by atoms with Crippen molar-refractivity contribution < 1.29 is 8.83 Å². The predicted octanol–water partition coefficient (Wildman–Crippen LogP) is 4.65. The molecule has 3 nitrogen and oxygen atoms in total. The van der Waals surface area contributed by atoms with E-state index in [1.165, 1.54) is 0 Å². The van der Waals surface area contributed by atoms with Gasteiger partial charge >= 0.3 is 0 Å². The lowest BCUT2D eigenvalue weighted by atomic mass is 10.1. The number of benzene rings is 2. The summed E-state index contributed by atoms with van der Waals surface area (Å²) in [6, 6.07) is 10.7. The summed E-state index contributed by atoms with van der Waals surface area (Å²) in [6.07, 6.45) is 0. The molecule has 0 radical (unpaired) electrons. The fourth-order valence-electron chi connectivity index (χ4n) is 2.44. The molecular weight excluding hydrogens is 276 g/mol. The lowest BCUT2D eigenvalue weighted by molar-refractivity contribution is 0.630. The van der Waals surface area contributed by atoms with Gasteiger partial charge < -0.3 is 8.83 Å². The van der Waals surface area contributed by atoms with Crippen LogP contribution in [0.15, 0.2) is 50.0 Å². The molecule has 0 aliphatic heterocycles. The van der Waals surface area contributed by atoms with E-state index in [4.69, 9.17) is 20.4 Å². The summed E-state index contributed by atoms with van der Waals surface area (Å²) in [5, 5.41) is 1.74. The van der Waals surface area contributed by atoms with Crippen molar-refractivity contribution in [3.05, 3.63) is 57.2 Å². The molecule has 20 heavy (non-hydrogen) atoms. The number of aryl methyl sites for hydroxylation is 1. The Morgan fingerprint density at radius 2 is 1.60 bits per heavy atom. The normalized spacial score (nSPS) is 11.7. The van der Waals surface area contributed by atoms with Crippen LogP contribution in [0.4, 0.5) is 0 Å². The predicted molar refractivity (Wildman–Crippen MR) is 79.5 cm³/mol. The van der Waals surface area contributed by atoms with E-state index in [1.54, 1.807) is 18.2 Å². The molecule has 0 N–H and O–H groups in total. The van der Waals surface area contributed by atoms with Gasteiger partial charge in [-0.1, -0.05) is 23.2 Å². The zero-order valence-corrected chi connectivity index (χ0v) is 11.3. The molecule has 0 bridgehead atoms. The van der Waals surface area contributed by atoms with E-state index in [2.05, 4.69) is 0 Å². The first-order valence-electron chi connectivity index (χ1n) is 6.19. The average molecular weight is 285 g/mol. The van der Waals surface area contributed by atoms with Crippen LogP contribution < -0.4 is 5.43 Å². The van der Waals surface area contributed by atoms with Crippen LogP contribution in [-0.4, -0.2) is 0 Å².